The zero-order chi connectivity index (χ0) is 27.0. The molecule has 10 N–H and O–H groups in total. The Hall–Kier alpha value is -2.20. The second-order valence-corrected chi connectivity index (χ2v) is 9.61. The minimum absolute atomic E-state index is 0.317. The maximum Gasteiger partial charge on any atom is 0.245 e. The largest absolute Gasteiger partial charge is 0.460 e. The van der Waals surface area contributed by atoms with Crippen LogP contribution in [-0.2, 0) is 9.47 Å². The van der Waals surface area contributed by atoms with Crippen LogP contribution in [0.25, 0.3) is 11.1 Å². The lowest BCUT2D eigenvalue weighted by atomic mass is 9.94. The van der Waals surface area contributed by atoms with Crippen molar-refractivity contribution in [1.29, 1.82) is 0 Å². The van der Waals surface area contributed by atoms with Gasteiger partial charge in [0.05, 0.1) is 32.0 Å². The zero-order valence-electron chi connectivity index (χ0n) is 20.3. The second kappa shape index (κ2) is 10.9. The standard InChI is InChI=1S/C25H34N2O10/c1-13-7-15(5-6-17(13)35-23-25(26,34)21(33)19(32)18(9-28)36-23)14-3-2-4-16(8-14)20-22(37-20)27-24(10-29,11-30)12-31/h2-8,18-23,27-34H,9-12,26H2,1H3/t18-,19-,20?,21+,22?,23+,25+/m1/s1. The van der Waals surface area contributed by atoms with Gasteiger partial charge in [0, 0.05) is 0 Å². The summed E-state index contributed by atoms with van der Waals surface area (Å²) in [6, 6.07) is 12.9. The maximum atomic E-state index is 10.5. The molecule has 37 heavy (non-hydrogen) atoms. The van der Waals surface area contributed by atoms with Gasteiger partial charge < -0.3 is 50.0 Å². The summed E-state index contributed by atoms with van der Waals surface area (Å²) in [7, 11) is 0. The Morgan fingerprint density at radius 1 is 1.00 bits per heavy atom. The van der Waals surface area contributed by atoms with Crippen molar-refractivity contribution < 1.29 is 50.0 Å². The smallest absolute Gasteiger partial charge is 0.245 e. The van der Waals surface area contributed by atoms with Crippen molar-refractivity contribution >= 4 is 0 Å². The number of ether oxygens (including phenoxy) is 3. The molecule has 2 unspecified atom stereocenters. The number of rotatable bonds is 10. The van der Waals surface area contributed by atoms with E-state index in [4.69, 9.17) is 19.9 Å². The van der Waals surface area contributed by atoms with Crippen LogP contribution < -0.4 is 15.8 Å². The van der Waals surface area contributed by atoms with Crippen molar-refractivity contribution in [2.75, 3.05) is 26.4 Å². The number of aliphatic hydroxyl groups excluding tert-OH is 6. The molecule has 7 atom stereocenters. The fraction of sp³-hybridized carbons (Fsp3) is 0.520. The average Bonchev–Trinajstić information content (AvgIpc) is 3.68. The second-order valence-electron chi connectivity index (χ2n) is 9.61. The fourth-order valence-corrected chi connectivity index (χ4v) is 4.27. The van der Waals surface area contributed by atoms with Gasteiger partial charge in [-0.1, -0.05) is 24.3 Å². The molecule has 2 aliphatic rings. The van der Waals surface area contributed by atoms with Crippen LogP contribution in [0.15, 0.2) is 42.5 Å². The Bertz CT molecular complexity index is 1070. The molecule has 12 heteroatoms. The first-order chi connectivity index (χ1) is 17.6. The molecule has 2 saturated heterocycles. The minimum Gasteiger partial charge on any atom is -0.460 e. The minimum atomic E-state index is -2.42. The highest BCUT2D eigenvalue weighted by molar-refractivity contribution is 5.66. The molecule has 12 nitrogen and oxygen atoms in total. The van der Waals surface area contributed by atoms with E-state index >= 15 is 0 Å². The summed E-state index contributed by atoms with van der Waals surface area (Å²) in [5.74, 6) is 0.317. The first kappa shape index (κ1) is 27.8. The predicted molar refractivity (Wildman–Crippen MR) is 129 cm³/mol. The van der Waals surface area contributed by atoms with E-state index < -0.39 is 68.5 Å². The maximum absolute atomic E-state index is 10.5. The lowest BCUT2D eigenvalue weighted by molar-refractivity contribution is -0.319. The Kier molecular flexibility index (Phi) is 8.19. The van der Waals surface area contributed by atoms with Gasteiger partial charge in [0.25, 0.3) is 0 Å². The van der Waals surface area contributed by atoms with E-state index in [0.29, 0.717) is 11.3 Å². The van der Waals surface area contributed by atoms with Gasteiger partial charge in [0.2, 0.25) is 12.0 Å². The van der Waals surface area contributed by atoms with Crippen LogP contribution >= 0.6 is 0 Å². The predicted octanol–water partition coefficient (Wildman–Crippen LogP) is -2.17. The number of benzene rings is 2. The Balaban J connectivity index is 1.48. The number of aryl methyl sites for hydroxylation is 1. The van der Waals surface area contributed by atoms with E-state index in [-0.39, 0.29) is 6.10 Å². The summed E-state index contributed by atoms with van der Waals surface area (Å²) in [6.45, 7) is -0.182. The SMILES string of the molecule is Cc1cc(-c2cccc(C3OC3NC(CO)(CO)CO)c2)ccc1O[C@H]1O[C@H](CO)[C@@H](O)[C@H](O)[C@]1(N)O. The molecule has 2 aromatic rings. The van der Waals surface area contributed by atoms with Gasteiger partial charge in [0.15, 0.2) is 0 Å². The van der Waals surface area contributed by atoms with Crippen molar-refractivity contribution in [3.05, 3.63) is 53.6 Å². The third-order valence-electron chi connectivity index (χ3n) is 6.84. The molecule has 2 aliphatic heterocycles. The first-order valence-electron chi connectivity index (χ1n) is 11.9. The van der Waals surface area contributed by atoms with Crippen LogP contribution in [0, 0.1) is 6.92 Å². The quantitative estimate of drug-likeness (QED) is 0.121. The first-order valence-corrected chi connectivity index (χ1v) is 11.9. The number of aliphatic hydroxyl groups is 7. The van der Waals surface area contributed by atoms with Gasteiger partial charge in [-0.15, -0.1) is 0 Å². The molecule has 4 rings (SSSR count). The van der Waals surface area contributed by atoms with Crippen molar-refractivity contribution in [3.63, 3.8) is 0 Å². The van der Waals surface area contributed by atoms with Gasteiger partial charge in [-0.25, -0.2) is 0 Å². The molecule has 0 aliphatic carbocycles. The molecule has 0 spiro atoms. The van der Waals surface area contributed by atoms with E-state index in [1.165, 1.54) is 0 Å². The average molecular weight is 523 g/mol. The number of hydrogen-bond acceptors (Lipinski definition) is 12. The van der Waals surface area contributed by atoms with Crippen molar-refractivity contribution in [3.8, 4) is 16.9 Å². The summed E-state index contributed by atoms with van der Waals surface area (Å²) >= 11 is 0. The molecule has 2 aromatic carbocycles. The highest BCUT2D eigenvalue weighted by atomic mass is 16.7. The molecule has 0 saturated carbocycles. The van der Waals surface area contributed by atoms with E-state index in [9.17, 15) is 35.7 Å². The monoisotopic (exact) mass is 522 g/mol. The Morgan fingerprint density at radius 3 is 2.30 bits per heavy atom. The molecular weight excluding hydrogens is 488 g/mol. The van der Waals surface area contributed by atoms with Crippen LogP contribution in [-0.4, -0.2) is 104 Å². The molecule has 204 valence electrons. The van der Waals surface area contributed by atoms with Gasteiger partial charge >= 0.3 is 0 Å². The van der Waals surface area contributed by atoms with Crippen LogP contribution in [0.5, 0.6) is 5.75 Å². The van der Waals surface area contributed by atoms with Gasteiger partial charge in [-0.2, -0.15) is 0 Å². The van der Waals surface area contributed by atoms with E-state index in [2.05, 4.69) is 5.32 Å². The number of nitrogens with two attached hydrogens (primary N) is 1. The Labute approximate surface area is 213 Å². The molecule has 0 aromatic heterocycles. The lowest BCUT2D eigenvalue weighted by Gasteiger charge is -2.45. The van der Waals surface area contributed by atoms with Crippen LogP contribution in [0.1, 0.15) is 17.2 Å². The molecule has 0 amide bonds. The van der Waals surface area contributed by atoms with Crippen LogP contribution in [0.4, 0.5) is 0 Å². The third-order valence-corrected chi connectivity index (χ3v) is 6.84. The van der Waals surface area contributed by atoms with Gasteiger partial charge in [-0.05, 0) is 47.4 Å². The molecule has 0 bridgehead atoms. The fourth-order valence-electron chi connectivity index (χ4n) is 4.27. The third kappa shape index (κ3) is 5.50. The van der Waals surface area contributed by atoms with E-state index in [1.54, 1.807) is 19.1 Å². The normalized spacial score (nSPS) is 31.8. The Morgan fingerprint density at radius 2 is 1.68 bits per heavy atom. The van der Waals surface area contributed by atoms with Crippen LogP contribution in [0.3, 0.4) is 0 Å². The summed E-state index contributed by atoms with van der Waals surface area (Å²) in [5.41, 5.74) is 5.37. The zero-order valence-corrected chi connectivity index (χ0v) is 20.3. The number of epoxide rings is 1. The van der Waals surface area contributed by atoms with Crippen LogP contribution in [0.2, 0.25) is 0 Å². The van der Waals surface area contributed by atoms with Gasteiger partial charge in [-0.3, -0.25) is 11.1 Å². The van der Waals surface area contributed by atoms with Gasteiger partial charge in [0.1, 0.15) is 36.4 Å². The van der Waals surface area contributed by atoms with Crippen molar-refractivity contribution in [2.45, 2.75) is 55.1 Å². The summed E-state index contributed by atoms with van der Waals surface area (Å²) in [6.07, 6.45) is -6.91. The highest BCUT2D eigenvalue weighted by Gasteiger charge is 2.54. The molecule has 2 fully saturated rings. The lowest BCUT2D eigenvalue weighted by Crippen LogP contribution is -2.72. The topological polar surface area (TPSA) is 211 Å². The highest BCUT2D eigenvalue weighted by Crippen LogP contribution is 2.40. The van der Waals surface area contributed by atoms with E-state index in [0.717, 1.165) is 16.7 Å². The van der Waals surface area contributed by atoms with Crippen molar-refractivity contribution in [1.82, 2.24) is 5.32 Å². The summed E-state index contributed by atoms with van der Waals surface area (Å²) in [5, 5.41) is 71.5. The van der Waals surface area contributed by atoms with Crippen molar-refractivity contribution in [2.24, 2.45) is 5.73 Å². The van der Waals surface area contributed by atoms with E-state index in [1.807, 2.05) is 30.3 Å². The number of nitrogens with one attached hydrogen (secondary N) is 1. The molecule has 0 radical (unpaired) electrons. The summed E-state index contributed by atoms with van der Waals surface area (Å²) in [4.78, 5) is 0. The summed E-state index contributed by atoms with van der Waals surface area (Å²) < 4.78 is 16.8. The molecular formula is C25H34N2O10. The molecule has 2 heterocycles. The number of hydrogen-bond donors (Lipinski definition) is 9.